The second-order valence-electron chi connectivity index (χ2n) is 3.50. The lowest BCUT2D eigenvalue weighted by Crippen LogP contribution is -2.27. The van der Waals surface area contributed by atoms with E-state index >= 15 is 0 Å². The van der Waals surface area contributed by atoms with Crippen LogP contribution >= 0.6 is 0 Å². The zero-order valence-electron chi connectivity index (χ0n) is 7.34. The Bertz CT molecular complexity index is 140. The molecule has 1 nitrogen and oxygen atoms in total. The molecule has 1 rings (SSSR count). The molecule has 0 unspecified atom stereocenters. The van der Waals surface area contributed by atoms with E-state index in [-0.39, 0.29) is 0 Å². The van der Waals surface area contributed by atoms with E-state index in [1.165, 1.54) is 6.42 Å². The largest absolute Gasteiger partial charge is 0.386 e. The molecule has 64 valence electrons. The predicted molar refractivity (Wildman–Crippen MR) is 47.5 cm³/mol. The lowest BCUT2D eigenvalue weighted by Gasteiger charge is -2.27. The summed E-state index contributed by atoms with van der Waals surface area (Å²) in [6.45, 7) is 2.16. The van der Waals surface area contributed by atoms with Crippen LogP contribution in [0.1, 0.15) is 45.4 Å². The highest BCUT2D eigenvalue weighted by Gasteiger charge is 2.23. The van der Waals surface area contributed by atoms with Crippen molar-refractivity contribution in [2.24, 2.45) is 0 Å². The van der Waals surface area contributed by atoms with Crippen LogP contribution in [0.15, 0.2) is 12.2 Å². The molecule has 0 aromatic carbocycles. The van der Waals surface area contributed by atoms with E-state index < -0.39 is 5.60 Å². The molecule has 0 heterocycles. The SMILES string of the molecule is CCCC[C@@]1(O)C=CCCC1. The molecule has 1 aliphatic rings. The lowest BCUT2D eigenvalue weighted by molar-refractivity contribution is 0.0633. The molecule has 0 fully saturated rings. The normalized spacial score (nSPS) is 30.7. The van der Waals surface area contributed by atoms with Gasteiger partial charge in [0.2, 0.25) is 0 Å². The molecule has 1 aliphatic carbocycles. The molecular formula is C10H18O. The molecule has 0 aromatic rings. The Morgan fingerprint density at radius 3 is 2.91 bits per heavy atom. The van der Waals surface area contributed by atoms with Crippen LogP contribution in [-0.4, -0.2) is 10.7 Å². The minimum absolute atomic E-state index is 0.450. The average Bonchev–Trinajstić information content (AvgIpc) is 2.03. The topological polar surface area (TPSA) is 20.2 Å². The van der Waals surface area contributed by atoms with Crippen LogP contribution in [0.2, 0.25) is 0 Å². The third-order valence-electron chi connectivity index (χ3n) is 2.37. The summed E-state index contributed by atoms with van der Waals surface area (Å²) in [7, 11) is 0. The Balaban J connectivity index is 2.37. The van der Waals surface area contributed by atoms with Crippen LogP contribution in [0.3, 0.4) is 0 Å². The van der Waals surface area contributed by atoms with Crippen molar-refractivity contribution in [3.63, 3.8) is 0 Å². The van der Waals surface area contributed by atoms with Gasteiger partial charge >= 0.3 is 0 Å². The van der Waals surface area contributed by atoms with Gasteiger partial charge in [0.15, 0.2) is 0 Å². The summed E-state index contributed by atoms with van der Waals surface area (Å²) < 4.78 is 0. The second kappa shape index (κ2) is 3.91. The number of unbranched alkanes of at least 4 members (excludes halogenated alkanes) is 1. The maximum Gasteiger partial charge on any atom is 0.0827 e. The van der Waals surface area contributed by atoms with Crippen molar-refractivity contribution < 1.29 is 5.11 Å². The lowest BCUT2D eigenvalue weighted by atomic mass is 9.87. The standard InChI is InChI=1S/C10H18O/c1-2-3-7-10(11)8-5-4-6-9-10/h5,8,11H,2-4,6-7,9H2,1H3/t10-/m1/s1. The average molecular weight is 154 g/mol. The summed E-state index contributed by atoms with van der Waals surface area (Å²) >= 11 is 0. The van der Waals surface area contributed by atoms with Crippen LogP contribution in [0.25, 0.3) is 0 Å². The van der Waals surface area contributed by atoms with Crippen molar-refractivity contribution in [1.82, 2.24) is 0 Å². The summed E-state index contributed by atoms with van der Waals surface area (Å²) in [5.74, 6) is 0. The number of hydrogen-bond acceptors (Lipinski definition) is 1. The summed E-state index contributed by atoms with van der Waals surface area (Å²) in [4.78, 5) is 0. The first-order valence-electron chi connectivity index (χ1n) is 4.67. The van der Waals surface area contributed by atoms with Gasteiger partial charge in [-0.15, -0.1) is 0 Å². The highest BCUT2D eigenvalue weighted by atomic mass is 16.3. The van der Waals surface area contributed by atoms with Crippen LogP contribution in [0.4, 0.5) is 0 Å². The van der Waals surface area contributed by atoms with Crippen molar-refractivity contribution >= 4 is 0 Å². The highest BCUT2D eigenvalue weighted by Crippen LogP contribution is 2.26. The summed E-state index contributed by atoms with van der Waals surface area (Å²) in [5.41, 5.74) is -0.450. The van der Waals surface area contributed by atoms with E-state index in [2.05, 4.69) is 13.0 Å². The molecule has 0 spiro atoms. The predicted octanol–water partition coefficient (Wildman–Crippen LogP) is 2.65. The van der Waals surface area contributed by atoms with Crippen molar-refractivity contribution in [1.29, 1.82) is 0 Å². The van der Waals surface area contributed by atoms with Gasteiger partial charge in [-0.3, -0.25) is 0 Å². The van der Waals surface area contributed by atoms with Gasteiger partial charge in [-0.25, -0.2) is 0 Å². The molecule has 0 aromatic heterocycles. The maximum atomic E-state index is 9.92. The van der Waals surface area contributed by atoms with Gasteiger partial charge in [0.1, 0.15) is 0 Å². The number of rotatable bonds is 3. The summed E-state index contributed by atoms with van der Waals surface area (Å²) in [5, 5.41) is 9.92. The van der Waals surface area contributed by atoms with E-state index in [9.17, 15) is 5.11 Å². The molecule has 0 radical (unpaired) electrons. The third kappa shape index (κ3) is 2.66. The van der Waals surface area contributed by atoms with Crippen LogP contribution in [0.5, 0.6) is 0 Å². The minimum Gasteiger partial charge on any atom is -0.386 e. The second-order valence-corrected chi connectivity index (χ2v) is 3.50. The summed E-state index contributed by atoms with van der Waals surface area (Å²) in [6, 6.07) is 0. The Morgan fingerprint density at radius 1 is 1.55 bits per heavy atom. The Hall–Kier alpha value is -0.300. The molecular weight excluding hydrogens is 136 g/mol. The Labute approximate surface area is 69.1 Å². The summed E-state index contributed by atoms with van der Waals surface area (Å²) in [6.07, 6.45) is 10.6. The quantitative estimate of drug-likeness (QED) is 0.619. The molecule has 0 saturated carbocycles. The van der Waals surface area contributed by atoms with E-state index in [1.54, 1.807) is 0 Å². The van der Waals surface area contributed by atoms with Crippen LogP contribution in [0, 0.1) is 0 Å². The van der Waals surface area contributed by atoms with Gasteiger partial charge in [-0.2, -0.15) is 0 Å². The molecule has 1 N–H and O–H groups in total. The van der Waals surface area contributed by atoms with Gasteiger partial charge in [-0.1, -0.05) is 31.9 Å². The minimum atomic E-state index is -0.450. The van der Waals surface area contributed by atoms with E-state index in [0.29, 0.717) is 0 Å². The first-order valence-corrected chi connectivity index (χ1v) is 4.67. The number of hydrogen-bond donors (Lipinski definition) is 1. The highest BCUT2D eigenvalue weighted by molar-refractivity contribution is 5.04. The monoisotopic (exact) mass is 154 g/mol. The van der Waals surface area contributed by atoms with Crippen molar-refractivity contribution in [3.05, 3.63) is 12.2 Å². The first kappa shape index (κ1) is 8.79. The van der Waals surface area contributed by atoms with Crippen LogP contribution < -0.4 is 0 Å². The third-order valence-corrected chi connectivity index (χ3v) is 2.37. The van der Waals surface area contributed by atoms with Gasteiger partial charge in [0, 0.05) is 0 Å². The molecule has 11 heavy (non-hydrogen) atoms. The van der Waals surface area contributed by atoms with Crippen LogP contribution in [-0.2, 0) is 0 Å². The molecule has 0 aliphatic heterocycles. The van der Waals surface area contributed by atoms with E-state index in [4.69, 9.17) is 0 Å². The maximum absolute atomic E-state index is 9.92. The number of aliphatic hydroxyl groups is 1. The zero-order valence-corrected chi connectivity index (χ0v) is 7.34. The molecule has 0 saturated heterocycles. The van der Waals surface area contributed by atoms with E-state index in [0.717, 1.165) is 32.1 Å². The smallest absolute Gasteiger partial charge is 0.0827 e. The first-order chi connectivity index (χ1) is 5.27. The van der Waals surface area contributed by atoms with Gasteiger partial charge in [-0.05, 0) is 25.7 Å². The molecule has 1 heteroatoms. The van der Waals surface area contributed by atoms with Crippen molar-refractivity contribution in [2.45, 2.75) is 51.0 Å². The fourth-order valence-corrected chi connectivity index (χ4v) is 1.60. The molecule has 0 bridgehead atoms. The fraction of sp³-hybridized carbons (Fsp3) is 0.800. The number of allylic oxidation sites excluding steroid dienone is 1. The van der Waals surface area contributed by atoms with E-state index in [1.807, 2.05) is 6.08 Å². The Kier molecular flexibility index (Phi) is 3.13. The van der Waals surface area contributed by atoms with Gasteiger partial charge < -0.3 is 5.11 Å². The van der Waals surface area contributed by atoms with Crippen molar-refractivity contribution in [2.75, 3.05) is 0 Å². The zero-order chi connectivity index (χ0) is 8.16. The molecule has 1 atom stereocenters. The van der Waals surface area contributed by atoms with Crippen molar-refractivity contribution in [3.8, 4) is 0 Å². The Morgan fingerprint density at radius 2 is 2.36 bits per heavy atom. The molecule has 0 amide bonds. The van der Waals surface area contributed by atoms with Gasteiger partial charge in [0.25, 0.3) is 0 Å². The fourth-order valence-electron chi connectivity index (χ4n) is 1.60. The van der Waals surface area contributed by atoms with Gasteiger partial charge in [0.05, 0.1) is 5.60 Å².